The van der Waals surface area contributed by atoms with Crippen molar-refractivity contribution in [3.05, 3.63) is 34.1 Å². The van der Waals surface area contributed by atoms with Crippen LogP contribution in [0.5, 0.6) is 0 Å². The van der Waals surface area contributed by atoms with Crippen molar-refractivity contribution >= 4 is 15.9 Å². The first kappa shape index (κ1) is 15.4. The van der Waals surface area contributed by atoms with Gasteiger partial charge >= 0.3 is 0 Å². The fourth-order valence-electron chi connectivity index (χ4n) is 3.74. The first-order valence-corrected chi connectivity index (χ1v) is 8.80. The van der Waals surface area contributed by atoms with Crippen molar-refractivity contribution in [1.82, 2.24) is 10.2 Å². The second-order valence-electron chi connectivity index (χ2n) is 6.71. The number of nitrogens with zero attached hydrogens (tertiary/aromatic N) is 1. The van der Waals surface area contributed by atoms with Gasteiger partial charge in [0.1, 0.15) is 5.82 Å². The summed E-state index contributed by atoms with van der Waals surface area (Å²) < 4.78 is 14.1. The van der Waals surface area contributed by atoms with Crippen molar-refractivity contribution in [2.45, 2.75) is 57.2 Å². The van der Waals surface area contributed by atoms with Gasteiger partial charge in [0.15, 0.2) is 0 Å². The van der Waals surface area contributed by atoms with Gasteiger partial charge in [-0.05, 0) is 37.5 Å². The molecule has 1 unspecified atom stereocenters. The molecule has 1 N–H and O–H groups in total. The van der Waals surface area contributed by atoms with Crippen molar-refractivity contribution in [1.29, 1.82) is 0 Å². The van der Waals surface area contributed by atoms with E-state index in [1.165, 1.54) is 37.7 Å². The summed E-state index contributed by atoms with van der Waals surface area (Å²) in [7, 11) is 0. The fraction of sp³-hybridized carbons (Fsp3) is 0.647. The molecule has 0 aromatic heterocycles. The molecular formula is C17H24BrFN2. The molecule has 4 heteroatoms. The van der Waals surface area contributed by atoms with Gasteiger partial charge in [-0.15, -0.1) is 0 Å². The molecule has 1 heterocycles. The summed E-state index contributed by atoms with van der Waals surface area (Å²) in [6.07, 6.45) is 6.65. The van der Waals surface area contributed by atoms with E-state index < -0.39 is 0 Å². The molecular weight excluding hydrogens is 331 g/mol. The molecule has 1 saturated carbocycles. The van der Waals surface area contributed by atoms with Gasteiger partial charge in [0.2, 0.25) is 0 Å². The molecule has 3 rings (SSSR count). The minimum Gasteiger partial charge on any atom is -0.308 e. The Morgan fingerprint density at radius 2 is 2.10 bits per heavy atom. The maximum Gasteiger partial charge on any atom is 0.124 e. The normalized spacial score (nSPS) is 26.1. The average Bonchev–Trinajstić information content (AvgIpc) is 2.47. The Bertz CT molecular complexity index is 500. The van der Waals surface area contributed by atoms with Crippen LogP contribution in [0.2, 0.25) is 0 Å². The summed E-state index contributed by atoms with van der Waals surface area (Å²) in [5, 5.41) is 3.81. The van der Waals surface area contributed by atoms with E-state index >= 15 is 0 Å². The molecule has 1 saturated heterocycles. The van der Waals surface area contributed by atoms with Gasteiger partial charge in [0.25, 0.3) is 0 Å². The summed E-state index contributed by atoms with van der Waals surface area (Å²) in [6, 6.07) is 5.55. The lowest BCUT2D eigenvalue weighted by molar-refractivity contribution is 0.0571. The Kier molecular flexibility index (Phi) is 4.67. The summed E-state index contributed by atoms with van der Waals surface area (Å²) in [5.74, 6) is -0.178. The van der Waals surface area contributed by atoms with Crippen LogP contribution in [0.1, 0.15) is 44.6 Å². The van der Waals surface area contributed by atoms with Crippen LogP contribution < -0.4 is 5.32 Å². The quantitative estimate of drug-likeness (QED) is 0.860. The smallest absolute Gasteiger partial charge is 0.124 e. The number of hydrogen-bond donors (Lipinski definition) is 1. The van der Waals surface area contributed by atoms with E-state index in [1.54, 1.807) is 12.1 Å². The molecule has 0 amide bonds. The Balaban J connectivity index is 1.73. The lowest BCUT2D eigenvalue weighted by Crippen LogP contribution is -2.63. The van der Waals surface area contributed by atoms with Gasteiger partial charge < -0.3 is 5.32 Å². The molecule has 116 valence electrons. The first-order valence-electron chi connectivity index (χ1n) is 8.01. The van der Waals surface area contributed by atoms with Crippen molar-refractivity contribution in [2.24, 2.45) is 0 Å². The van der Waals surface area contributed by atoms with E-state index in [1.807, 2.05) is 6.07 Å². The van der Waals surface area contributed by atoms with E-state index in [0.29, 0.717) is 11.6 Å². The largest absolute Gasteiger partial charge is 0.308 e. The van der Waals surface area contributed by atoms with E-state index in [0.717, 1.165) is 24.1 Å². The van der Waals surface area contributed by atoms with E-state index in [4.69, 9.17) is 0 Å². The zero-order chi connectivity index (χ0) is 14.9. The van der Waals surface area contributed by atoms with Gasteiger partial charge in [0.05, 0.1) is 0 Å². The molecule has 0 radical (unpaired) electrons. The van der Waals surface area contributed by atoms with Crippen LogP contribution in [-0.4, -0.2) is 29.6 Å². The summed E-state index contributed by atoms with van der Waals surface area (Å²) >= 11 is 3.50. The summed E-state index contributed by atoms with van der Waals surface area (Å²) in [5.41, 5.74) is 1.49. The molecule has 1 aliphatic heterocycles. The van der Waals surface area contributed by atoms with Crippen molar-refractivity contribution in [3.8, 4) is 0 Å². The highest BCUT2D eigenvalue weighted by Crippen LogP contribution is 2.33. The molecule has 1 aromatic rings. The molecule has 0 bridgehead atoms. The highest BCUT2D eigenvalue weighted by atomic mass is 79.9. The minimum atomic E-state index is -0.178. The van der Waals surface area contributed by atoms with Crippen LogP contribution in [-0.2, 0) is 6.54 Å². The second-order valence-corrected chi connectivity index (χ2v) is 7.57. The van der Waals surface area contributed by atoms with Crippen LogP contribution >= 0.6 is 15.9 Å². The molecule has 1 spiro atoms. The lowest BCUT2D eigenvalue weighted by Gasteiger charge is -2.49. The molecule has 21 heavy (non-hydrogen) atoms. The molecule has 2 fully saturated rings. The molecule has 1 aromatic carbocycles. The topological polar surface area (TPSA) is 15.3 Å². The average molecular weight is 355 g/mol. The lowest BCUT2D eigenvalue weighted by atomic mass is 9.79. The van der Waals surface area contributed by atoms with Gasteiger partial charge in [-0.3, -0.25) is 4.90 Å². The van der Waals surface area contributed by atoms with E-state index in [2.05, 4.69) is 33.1 Å². The molecule has 2 aliphatic rings. The molecule has 1 atom stereocenters. The van der Waals surface area contributed by atoms with Gasteiger partial charge in [-0.2, -0.15) is 0 Å². The Labute approximate surface area is 135 Å². The number of benzene rings is 1. The van der Waals surface area contributed by atoms with Crippen molar-refractivity contribution < 1.29 is 4.39 Å². The van der Waals surface area contributed by atoms with Crippen LogP contribution in [0.3, 0.4) is 0 Å². The Morgan fingerprint density at radius 1 is 1.33 bits per heavy atom. The maximum absolute atomic E-state index is 13.2. The zero-order valence-corrected chi connectivity index (χ0v) is 14.3. The third-order valence-electron chi connectivity index (χ3n) is 5.10. The minimum absolute atomic E-state index is 0.178. The molecule has 2 nitrogen and oxygen atoms in total. The Morgan fingerprint density at radius 3 is 2.81 bits per heavy atom. The maximum atomic E-state index is 13.2. The first-order chi connectivity index (χ1) is 10.1. The third kappa shape index (κ3) is 3.49. The zero-order valence-electron chi connectivity index (χ0n) is 12.7. The van der Waals surface area contributed by atoms with Gasteiger partial charge in [-0.1, -0.05) is 41.3 Å². The number of hydrogen-bond acceptors (Lipinski definition) is 2. The fourth-order valence-corrected chi connectivity index (χ4v) is 4.21. The second kappa shape index (κ2) is 6.35. The van der Waals surface area contributed by atoms with Crippen molar-refractivity contribution in [3.63, 3.8) is 0 Å². The van der Waals surface area contributed by atoms with Crippen LogP contribution in [0, 0.1) is 5.82 Å². The summed E-state index contributed by atoms with van der Waals surface area (Å²) in [6.45, 7) is 5.34. The number of halogens is 2. The third-order valence-corrected chi connectivity index (χ3v) is 5.84. The predicted molar refractivity (Wildman–Crippen MR) is 87.8 cm³/mol. The van der Waals surface area contributed by atoms with Crippen LogP contribution in [0.25, 0.3) is 0 Å². The number of nitrogens with one attached hydrogen (secondary N) is 1. The van der Waals surface area contributed by atoms with Crippen LogP contribution in [0.4, 0.5) is 4.39 Å². The van der Waals surface area contributed by atoms with E-state index in [-0.39, 0.29) is 5.82 Å². The Hall–Kier alpha value is -0.450. The summed E-state index contributed by atoms with van der Waals surface area (Å²) in [4.78, 5) is 2.56. The molecule has 1 aliphatic carbocycles. The van der Waals surface area contributed by atoms with Gasteiger partial charge in [-0.25, -0.2) is 4.39 Å². The van der Waals surface area contributed by atoms with Gasteiger partial charge in [0, 0.05) is 35.7 Å². The predicted octanol–water partition coefficient (Wildman–Crippen LogP) is 4.08. The number of piperazine rings is 1. The van der Waals surface area contributed by atoms with Crippen LogP contribution in [0.15, 0.2) is 22.7 Å². The standard InChI is InChI=1S/C17H24BrFN2/c1-13-10-20-17(7-3-2-4-8-17)12-21(13)11-14-5-6-15(19)9-16(14)18/h5-6,9,13,20H,2-4,7-8,10-12H2,1H3. The van der Waals surface area contributed by atoms with Crippen molar-refractivity contribution in [2.75, 3.05) is 13.1 Å². The highest BCUT2D eigenvalue weighted by Gasteiger charge is 2.38. The highest BCUT2D eigenvalue weighted by molar-refractivity contribution is 9.10. The monoisotopic (exact) mass is 354 g/mol. The SMILES string of the molecule is CC1CNC2(CCCCC2)CN1Cc1ccc(F)cc1Br. The van der Waals surface area contributed by atoms with E-state index in [9.17, 15) is 4.39 Å². The number of rotatable bonds is 2.